The van der Waals surface area contributed by atoms with E-state index in [1.807, 2.05) is 48.5 Å². The van der Waals surface area contributed by atoms with Gasteiger partial charge in [0.25, 0.3) is 0 Å². The number of rotatable bonds is 5. The standard InChI is InChI=1S/C25H23N3O3S/c1-25(32(30,31)28-14-12-18(16-26)17-28)13-11-22(15-23(25)27)24(29)21-9-7-20(8-10-21)19-5-3-2-4-6-19/h2-11,13,15,17,23H,12,14,27H2,1H3. The first-order valence-electron chi connectivity index (χ1n) is 10.3. The van der Waals surface area contributed by atoms with Crippen molar-refractivity contribution in [3.05, 3.63) is 95.7 Å². The number of nitriles is 1. The molecule has 2 atom stereocenters. The number of hydrogen-bond donors (Lipinski definition) is 1. The van der Waals surface area contributed by atoms with E-state index in [9.17, 15) is 13.2 Å². The van der Waals surface area contributed by atoms with Gasteiger partial charge in [-0.15, -0.1) is 0 Å². The van der Waals surface area contributed by atoms with E-state index in [-0.39, 0.29) is 12.3 Å². The average Bonchev–Trinajstić information content (AvgIpc) is 3.31. The second-order valence-electron chi connectivity index (χ2n) is 8.07. The fourth-order valence-corrected chi connectivity index (χ4v) is 5.62. The number of ketones is 1. The van der Waals surface area contributed by atoms with Crippen LogP contribution in [0.25, 0.3) is 11.1 Å². The van der Waals surface area contributed by atoms with E-state index in [2.05, 4.69) is 0 Å². The Hall–Kier alpha value is -3.47. The van der Waals surface area contributed by atoms with Crippen LogP contribution in [0.1, 0.15) is 23.7 Å². The molecule has 1 aliphatic heterocycles. The summed E-state index contributed by atoms with van der Waals surface area (Å²) in [5, 5.41) is 9.04. The number of carbonyl (C=O) groups is 1. The maximum Gasteiger partial charge on any atom is 0.245 e. The highest BCUT2D eigenvalue weighted by Gasteiger charge is 2.47. The highest BCUT2D eigenvalue weighted by atomic mass is 32.2. The smallest absolute Gasteiger partial charge is 0.245 e. The van der Waals surface area contributed by atoms with Crippen LogP contribution in [0.15, 0.2) is 90.2 Å². The van der Waals surface area contributed by atoms with Crippen molar-refractivity contribution in [2.24, 2.45) is 5.73 Å². The Morgan fingerprint density at radius 1 is 1.12 bits per heavy atom. The quantitative estimate of drug-likeness (QED) is 0.709. The molecule has 32 heavy (non-hydrogen) atoms. The van der Waals surface area contributed by atoms with Gasteiger partial charge in [-0.1, -0.05) is 72.8 Å². The van der Waals surface area contributed by atoms with Gasteiger partial charge in [0.1, 0.15) is 4.75 Å². The van der Waals surface area contributed by atoms with Crippen LogP contribution in [0.2, 0.25) is 0 Å². The van der Waals surface area contributed by atoms with Gasteiger partial charge in [0.05, 0.1) is 6.07 Å². The molecule has 1 heterocycles. The Morgan fingerprint density at radius 2 is 1.78 bits per heavy atom. The molecule has 0 aromatic heterocycles. The van der Waals surface area contributed by atoms with Crippen molar-refractivity contribution in [1.29, 1.82) is 5.26 Å². The van der Waals surface area contributed by atoms with Crippen molar-refractivity contribution >= 4 is 15.8 Å². The molecule has 162 valence electrons. The minimum Gasteiger partial charge on any atom is -0.323 e. The molecule has 0 fully saturated rings. The van der Waals surface area contributed by atoms with E-state index in [0.29, 0.717) is 23.1 Å². The summed E-state index contributed by atoms with van der Waals surface area (Å²) in [6.07, 6.45) is 6.26. The molecular formula is C25H23N3O3S. The summed E-state index contributed by atoms with van der Waals surface area (Å²) in [7, 11) is -3.87. The normalized spacial score (nSPS) is 22.8. The van der Waals surface area contributed by atoms with Gasteiger partial charge in [-0.2, -0.15) is 5.26 Å². The number of Topliss-reactive ketones (excluding diaryl/α,β-unsaturated/α-hetero) is 1. The molecule has 2 aromatic carbocycles. The van der Waals surface area contributed by atoms with Crippen LogP contribution < -0.4 is 5.73 Å². The number of carbonyl (C=O) groups excluding carboxylic acids is 1. The molecule has 0 saturated carbocycles. The van der Waals surface area contributed by atoms with Crippen LogP contribution in [-0.4, -0.2) is 35.8 Å². The van der Waals surface area contributed by atoms with E-state index < -0.39 is 20.8 Å². The molecule has 0 saturated heterocycles. The summed E-state index contributed by atoms with van der Waals surface area (Å²) in [6.45, 7) is 1.75. The first kappa shape index (κ1) is 21.8. The van der Waals surface area contributed by atoms with Crippen LogP contribution in [-0.2, 0) is 10.0 Å². The highest BCUT2D eigenvalue weighted by molar-refractivity contribution is 7.90. The minimum absolute atomic E-state index is 0.213. The Kier molecular flexibility index (Phi) is 5.59. The predicted molar refractivity (Wildman–Crippen MR) is 124 cm³/mol. The monoisotopic (exact) mass is 445 g/mol. The van der Waals surface area contributed by atoms with Crippen LogP contribution in [0.3, 0.4) is 0 Å². The van der Waals surface area contributed by atoms with Gasteiger partial charge in [-0.25, -0.2) is 8.42 Å². The summed E-state index contributed by atoms with van der Waals surface area (Å²) in [6, 6.07) is 18.2. The summed E-state index contributed by atoms with van der Waals surface area (Å²) in [5.41, 5.74) is 9.59. The Morgan fingerprint density at radius 3 is 2.38 bits per heavy atom. The lowest BCUT2D eigenvalue weighted by Crippen LogP contribution is -2.54. The lowest BCUT2D eigenvalue weighted by molar-refractivity contribution is 0.103. The Labute approximate surface area is 188 Å². The van der Waals surface area contributed by atoms with Crippen LogP contribution in [0.5, 0.6) is 0 Å². The molecule has 2 aliphatic rings. The van der Waals surface area contributed by atoms with Crippen LogP contribution in [0.4, 0.5) is 0 Å². The first-order chi connectivity index (χ1) is 15.3. The molecule has 0 spiro atoms. The zero-order valence-electron chi connectivity index (χ0n) is 17.6. The molecule has 2 unspecified atom stereocenters. The number of hydrogen-bond acceptors (Lipinski definition) is 5. The fourth-order valence-electron chi connectivity index (χ4n) is 3.86. The third-order valence-electron chi connectivity index (χ3n) is 6.04. The van der Waals surface area contributed by atoms with E-state index >= 15 is 0 Å². The third kappa shape index (κ3) is 3.68. The molecule has 0 bridgehead atoms. The molecule has 0 amide bonds. The Bertz CT molecular complexity index is 1290. The van der Waals surface area contributed by atoms with Crippen molar-refractivity contribution in [2.75, 3.05) is 6.54 Å². The molecule has 2 N–H and O–H groups in total. The number of nitrogens with zero attached hydrogens (tertiary/aromatic N) is 2. The maximum atomic E-state index is 13.2. The summed E-state index contributed by atoms with van der Waals surface area (Å²) < 4.78 is 26.2. The molecule has 1 aliphatic carbocycles. The minimum atomic E-state index is -3.87. The van der Waals surface area contributed by atoms with Gasteiger partial charge in [-0.3, -0.25) is 9.10 Å². The van der Waals surface area contributed by atoms with E-state index in [0.717, 1.165) is 11.1 Å². The first-order valence-corrected chi connectivity index (χ1v) is 11.7. The van der Waals surface area contributed by atoms with Crippen molar-refractivity contribution in [3.8, 4) is 17.2 Å². The zero-order valence-corrected chi connectivity index (χ0v) is 18.4. The molecule has 7 heteroatoms. The molecule has 0 radical (unpaired) electrons. The Balaban J connectivity index is 1.56. The van der Waals surface area contributed by atoms with Gasteiger partial charge in [0.2, 0.25) is 10.0 Å². The molecule has 2 aromatic rings. The van der Waals surface area contributed by atoms with Gasteiger partial charge in [-0.05, 0) is 18.1 Å². The van der Waals surface area contributed by atoms with Gasteiger partial charge in [0, 0.05) is 41.9 Å². The van der Waals surface area contributed by atoms with Crippen molar-refractivity contribution < 1.29 is 13.2 Å². The lowest BCUT2D eigenvalue weighted by atomic mass is 9.89. The van der Waals surface area contributed by atoms with Gasteiger partial charge in [0.15, 0.2) is 5.78 Å². The average molecular weight is 446 g/mol. The lowest BCUT2D eigenvalue weighted by Gasteiger charge is -2.36. The zero-order chi connectivity index (χ0) is 22.9. The number of sulfonamides is 1. The third-order valence-corrected chi connectivity index (χ3v) is 8.47. The van der Waals surface area contributed by atoms with Crippen molar-refractivity contribution in [1.82, 2.24) is 4.31 Å². The predicted octanol–water partition coefficient (Wildman–Crippen LogP) is 3.56. The summed E-state index contributed by atoms with van der Waals surface area (Å²) in [4.78, 5) is 13.0. The van der Waals surface area contributed by atoms with Gasteiger partial charge >= 0.3 is 0 Å². The van der Waals surface area contributed by atoms with Gasteiger partial charge < -0.3 is 5.73 Å². The summed E-state index contributed by atoms with van der Waals surface area (Å²) in [5.74, 6) is -0.219. The topological polar surface area (TPSA) is 104 Å². The van der Waals surface area contributed by atoms with E-state index in [1.54, 1.807) is 12.1 Å². The second kappa shape index (κ2) is 8.23. The number of benzene rings is 2. The molecular weight excluding hydrogens is 422 g/mol. The molecule has 4 rings (SSSR count). The fraction of sp³-hybridized carbons (Fsp3) is 0.200. The van der Waals surface area contributed by atoms with Crippen molar-refractivity contribution in [3.63, 3.8) is 0 Å². The molecule has 6 nitrogen and oxygen atoms in total. The number of allylic oxidation sites excluding steroid dienone is 2. The van der Waals surface area contributed by atoms with Crippen LogP contribution in [0, 0.1) is 11.3 Å². The number of nitrogens with two attached hydrogens (primary N) is 1. The summed E-state index contributed by atoms with van der Waals surface area (Å²) >= 11 is 0. The SMILES string of the molecule is CC1(S(=O)(=O)N2C=C(C#N)CC2)C=CC(C(=O)c2ccc(-c3ccccc3)cc2)=CC1N. The second-order valence-corrected chi connectivity index (χ2v) is 10.4. The largest absolute Gasteiger partial charge is 0.323 e. The highest BCUT2D eigenvalue weighted by Crippen LogP contribution is 2.34. The van der Waals surface area contributed by atoms with Crippen LogP contribution >= 0.6 is 0 Å². The van der Waals surface area contributed by atoms with E-state index in [1.165, 1.54) is 35.7 Å². The van der Waals surface area contributed by atoms with E-state index in [4.69, 9.17) is 11.0 Å². The maximum absolute atomic E-state index is 13.2. The van der Waals surface area contributed by atoms with Crippen molar-refractivity contribution in [2.45, 2.75) is 24.1 Å².